The second kappa shape index (κ2) is 17.1. The van der Waals surface area contributed by atoms with Gasteiger partial charge in [-0.3, -0.25) is 9.59 Å². The third kappa shape index (κ3) is 7.05. The van der Waals surface area contributed by atoms with E-state index in [-0.39, 0.29) is 43.7 Å². The van der Waals surface area contributed by atoms with Crippen LogP contribution in [0.3, 0.4) is 0 Å². The van der Waals surface area contributed by atoms with Gasteiger partial charge in [-0.2, -0.15) is 0 Å². The van der Waals surface area contributed by atoms with Gasteiger partial charge in [0, 0.05) is 58.8 Å². The van der Waals surface area contributed by atoms with E-state index in [1.807, 2.05) is 6.92 Å². The molecule has 0 aromatic carbocycles. The number of carbonyl (C=O) groups excluding carboxylic acids is 2. The highest BCUT2D eigenvalue weighted by atomic mass is 16.7. The normalized spacial score (nSPS) is 18.5. The molecule has 0 spiro atoms. The highest BCUT2D eigenvalue weighted by Gasteiger charge is 2.49. The number of rotatable bonds is 13. The molecule has 2 unspecified atom stereocenters. The van der Waals surface area contributed by atoms with Crippen molar-refractivity contribution < 1.29 is 19.2 Å². The lowest BCUT2D eigenvalue weighted by atomic mass is 9.81. The van der Waals surface area contributed by atoms with Crippen molar-refractivity contribution in [3.63, 3.8) is 0 Å². The van der Waals surface area contributed by atoms with E-state index in [0.717, 1.165) is 93.8 Å². The van der Waals surface area contributed by atoms with E-state index < -0.39 is 11.7 Å². The zero-order valence-electron chi connectivity index (χ0n) is 35.0. The molecule has 10 heteroatoms. The van der Waals surface area contributed by atoms with Crippen molar-refractivity contribution in [2.75, 3.05) is 0 Å². The quantitative estimate of drug-likeness (QED) is 0.0921. The molecule has 1 aliphatic carbocycles. The minimum atomic E-state index is -1.42. The summed E-state index contributed by atoms with van der Waals surface area (Å²) in [6, 6.07) is 0. The van der Waals surface area contributed by atoms with Crippen LogP contribution in [0.25, 0.3) is 24.0 Å². The van der Waals surface area contributed by atoms with Crippen molar-refractivity contribution in [2.45, 2.75) is 157 Å². The summed E-state index contributed by atoms with van der Waals surface area (Å²) in [5, 5.41) is 6.85. The molecule has 5 heterocycles. The zero-order chi connectivity index (χ0) is 40.3. The van der Waals surface area contributed by atoms with E-state index >= 15 is 0 Å². The van der Waals surface area contributed by atoms with Crippen LogP contribution in [-0.2, 0) is 70.5 Å². The predicted molar refractivity (Wildman–Crippen MR) is 223 cm³/mol. The standard InChI is InChI=1S/C46H61N5O5/c1-10-27-29(12-3)37-24-39-31(14-5)33(16-7)42(49-39)44(55-45-41(53)20-19-26(52)21-22-46(45,18-9)56-51-54)43-34(17-8)32(15-6)40(50-43)25-38-30(13-4)28(11-2)36(48-38)23-35(27)47-37/h23-25,45,47-50H,10-22H2,1-9H3. The van der Waals surface area contributed by atoms with Gasteiger partial charge in [-0.15, -0.1) is 4.91 Å². The Kier molecular flexibility index (Phi) is 12.5. The van der Waals surface area contributed by atoms with E-state index in [9.17, 15) is 14.5 Å². The Bertz CT molecular complexity index is 2380. The van der Waals surface area contributed by atoms with Crippen molar-refractivity contribution in [3.8, 4) is 0 Å². The second-order valence-electron chi connectivity index (χ2n) is 15.2. The molecular weight excluding hydrogens is 703 g/mol. The van der Waals surface area contributed by atoms with Gasteiger partial charge in [0.05, 0.1) is 11.0 Å². The van der Waals surface area contributed by atoms with Gasteiger partial charge in [-0.25, -0.2) is 0 Å². The summed E-state index contributed by atoms with van der Waals surface area (Å²) in [6.07, 6.45) is 12.8. The lowest BCUT2D eigenvalue weighted by molar-refractivity contribution is -0.162. The van der Waals surface area contributed by atoms with E-state index in [1.54, 1.807) is 0 Å². The van der Waals surface area contributed by atoms with Gasteiger partial charge in [0.25, 0.3) is 0 Å². The number of nitrogens with one attached hydrogen (secondary N) is 4. The largest absolute Gasteiger partial charge is 0.474 e. The van der Waals surface area contributed by atoms with Gasteiger partial charge in [-0.05, 0) is 121 Å². The molecule has 4 aromatic heterocycles. The summed E-state index contributed by atoms with van der Waals surface area (Å²) < 4.78 is 7.20. The SMILES string of the molecule is CCc1c2[nH]c(c1CC)C=c1[nH]c(c(CC)c1CC)=C(OC1C(=O)CCC(=O)CCC1(CC)ON=O)c1[nH]c(c(CC)c1CC)C=c1[nH]c(c(CC)c1CC)=C2. The third-order valence-electron chi connectivity index (χ3n) is 12.5. The molecule has 0 amide bonds. The number of Topliss-reactive ketones (excluding diaryl/α,β-unsaturated/α-hetero) is 2. The predicted octanol–water partition coefficient (Wildman–Crippen LogP) is 6.40. The van der Waals surface area contributed by atoms with Crippen molar-refractivity contribution in [2.24, 2.45) is 5.34 Å². The fourth-order valence-electron chi connectivity index (χ4n) is 9.63. The summed E-state index contributed by atoms with van der Waals surface area (Å²) in [4.78, 5) is 60.0. The molecule has 6 rings (SSSR count). The fraction of sp³-hybridized carbons (Fsp3) is 0.522. The number of hydrogen-bond acceptors (Lipinski definition) is 6. The van der Waals surface area contributed by atoms with Gasteiger partial charge in [0.15, 0.2) is 28.6 Å². The van der Waals surface area contributed by atoms with Gasteiger partial charge < -0.3 is 29.5 Å². The first-order valence-corrected chi connectivity index (χ1v) is 21.2. The summed E-state index contributed by atoms with van der Waals surface area (Å²) in [5.41, 5.74) is 12.3. The minimum Gasteiger partial charge on any atom is -0.474 e. The highest BCUT2D eigenvalue weighted by Crippen LogP contribution is 2.37. The molecule has 0 saturated heterocycles. The van der Waals surface area contributed by atoms with Crippen LogP contribution in [-0.4, -0.2) is 43.2 Å². The molecule has 2 aliphatic rings. The van der Waals surface area contributed by atoms with Crippen LogP contribution in [0.4, 0.5) is 0 Å². The van der Waals surface area contributed by atoms with Gasteiger partial charge in [0.1, 0.15) is 5.78 Å². The maximum absolute atomic E-state index is 14.3. The van der Waals surface area contributed by atoms with Crippen LogP contribution >= 0.6 is 0 Å². The van der Waals surface area contributed by atoms with Crippen LogP contribution in [0, 0.1) is 4.91 Å². The Labute approximate surface area is 330 Å². The van der Waals surface area contributed by atoms with Crippen molar-refractivity contribution in [3.05, 3.63) is 93.6 Å². The Balaban J connectivity index is 1.82. The van der Waals surface area contributed by atoms with E-state index in [1.165, 1.54) is 33.4 Å². The number of nitrogens with zero attached hydrogens (tertiary/aromatic N) is 1. The zero-order valence-corrected chi connectivity index (χ0v) is 35.0. The Morgan fingerprint density at radius 1 is 0.589 bits per heavy atom. The van der Waals surface area contributed by atoms with Gasteiger partial charge >= 0.3 is 0 Å². The first-order valence-electron chi connectivity index (χ1n) is 21.2. The Hall–Kier alpha value is -4.86. The number of hydrogen-bond donors (Lipinski definition) is 4. The smallest absolute Gasteiger partial charge is 0.199 e. The molecule has 1 fully saturated rings. The Morgan fingerprint density at radius 2 is 1.07 bits per heavy atom. The molecule has 56 heavy (non-hydrogen) atoms. The average Bonchev–Trinajstić information content (AvgIpc) is 3.94. The van der Waals surface area contributed by atoms with Gasteiger partial charge in [-0.1, -0.05) is 62.3 Å². The van der Waals surface area contributed by atoms with Crippen LogP contribution in [0.5, 0.6) is 0 Å². The summed E-state index contributed by atoms with van der Waals surface area (Å²) >= 11 is 0. The molecule has 2 atom stereocenters. The first kappa shape index (κ1) is 40.8. The number of aromatic amines is 4. The number of fused-ring (bicyclic) bond motifs is 8. The topological polar surface area (TPSA) is 145 Å². The minimum absolute atomic E-state index is 0.00358. The molecule has 1 saturated carbocycles. The molecule has 300 valence electrons. The van der Waals surface area contributed by atoms with E-state index in [2.05, 4.69) is 98.9 Å². The van der Waals surface area contributed by atoms with E-state index in [4.69, 9.17) is 9.57 Å². The fourth-order valence-corrected chi connectivity index (χ4v) is 9.63. The molecule has 10 nitrogen and oxygen atoms in total. The van der Waals surface area contributed by atoms with Crippen molar-refractivity contribution >= 4 is 35.6 Å². The lowest BCUT2D eigenvalue weighted by Gasteiger charge is -2.37. The highest BCUT2D eigenvalue weighted by molar-refractivity contribution is 5.91. The molecule has 1 aliphatic heterocycles. The number of ketones is 2. The number of H-pyrrole nitrogens is 4. The average molecular weight is 764 g/mol. The summed E-state index contributed by atoms with van der Waals surface area (Å²) in [5.74, 6) is 0.190. The summed E-state index contributed by atoms with van der Waals surface area (Å²) in [7, 11) is 0. The van der Waals surface area contributed by atoms with Gasteiger partial charge in [0.2, 0.25) is 0 Å². The van der Waals surface area contributed by atoms with Crippen molar-refractivity contribution in [1.82, 2.24) is 19.9 Å². The monoisotopic (exact) mass is 763 g/mol. The van der Waals surface area contributed by atoms with Crippen LogP contribution in [0.2, 0.25) is 0 Å². The van der Waals surface area contributed by atoms with Crippen LogP contribution < -0.4 is 21.4 Å². The maximum atomic E-state index is 14.3. The van der Waals surface area contributed by atoms with Crippen LogP contribution in [0.15, 0.2) is 5.34 Å². The number of aromatic nitrogens is 4. The molecular formula is C46H61N5O5. The molecule has 4 N–H and O–H groups in total. The lowest BCUT2D eigenvalue weighted by Crippen LogP contribution is -2.51. The summed E-state index contributed by atoms with van der Waals surface area (Å²) in [6.45, 7) is 19.4. The number of ether oxygens (including phenoxy) is 1. The molecule has 0 radical (unpaired) electrons. The third-order valence-corrected chi connectivity index (χ3v) is 12.5. The Morgan fingerprint density at radius 3 is 1.57 bits per heavy atom. The van der Waals surface area contributed by atoms with Crippen molar-refractivity contribution in [1.29, 1.82) is 0 Å². The maximum Gasteiger partial charge on any atom is 0.199 e. The van der Waals surface area contributed by atoms with Crippen LogP contribution in [0.1, 0.15) is 162 Å². The van der Waals surface area contributed by atoms with E-state index in [0.29, 0.717) is 18.6 Å². The first-order chi connectivity index (χ1) is 27.1. The molecule has 4 aromatic rings. The number of carbonyl (C=O) groups is 2. The molecule has 8 bridgehead atoms. The second-order valence-corrected chi connectivity index (χ2v) is 15.2.